The van der Waals surface area contributed by atoms with Gasteiger partial charge in [-0.15, -0.1) is 0 Å². The molecule has 190 valence electrons. The van der Waals surface area contributed by atoms with Crippen LogP contribution in [-0.4, -0.2) is 32.7 Å². The molecule has 4 aromatic rings. The molecule has 3 aromatic carbocycles. The van der Waals surface area contributed by atoms with Crippen molar-refractivity contribution < 1.29 is 26.6 Å². The van der Waals surface area contributed by atoms with Crippen LogP contribution >= 0.6 is 22.9 Å². The van der Waals surface area contributed by atoms with E-state index in [1.54, 1.807) is 0 Å². The van der Waals surface area contributed by atoms with Gasteiger partial charge < -0.3 is 0 Å². The number of halogens is 1. The van der Waals surface area contributed by atoms with E-state index in [0.717, 1.165) is 30.5 Å². The highest BCUT2D eigenvalue weighted by Gasteiger charge is 2.23. The summed E-state index contributed by atoms with van der Waals surface area (Å²) in [5.41, 5.74) is 0.140. The van der Waals surface area contributed by atoms with Gasteiger partial charge in [-0.05, 0) is 60.7 Å². The molecular weight excluding hydrogens is 564 g/mol. The largest absolute Gasteiger partial charge is 0.298 e. The van der Waals surface area contributed by atoms with Crippen LogP contribution in [0.1, 0.15) is 10.4 Å². The minimum atomic E-state index is -4.00. The van der Waals surface area contributed by atoms with E-state index in [9.17, 15) is 31.7 Å². The number of hydrogen-bond donors (Lipinski definition) is 2. The van der Waals surface area contributed by atoms with Gasteiger partial charge in [-0.1, -0.05) is 22.9 Å². The monoisotopic (exact) mass is 578 g/mol. The van der Waals surface area contributed by atoms with Crippen LogP contribution in [0.2, 0.25) is 5.02 Å². The summed E-state index contributed by atoms with van der Waals surface area (Å²) in [4.78, 5) is 26.5. The van der Waals surface area contributed by atoms with E-state index in [0.29, 0.717) is 16.4 Å². The standard InChI is InChI=1S/C22H15ClN4O7S3/c23-15-3-9-19(10-4-15)37(33,34)26-16-5-1-14(2-6-16)21(28)25-22-24-13-20(35-22)36(31,32)18-11-7-17(8-12-18)27(29)30/h1-13,26H,(H,24,25,28). The van der Waals surface area contributed by atoms with E-state index in [4.69, 9.17) is 11.6 Å². The highest BCUT2D eigenvalue weighted by atomic mass is 35.5. The second-order valence-corrected chi connectivity index (χ2v) is 12.7. The van der Waals surface area contributed by atoms with Gasteiger partial charge in [0.15, 0.2) is 5.13 Å². The number of carbonyl (C=O) groups is 1. The van der Waals surface area contributed by atoms with Gasteiger partial charge in [0.25, 0.3) is 21.6 Å². The first-order valence-corrected chi connectivity index (χ1v) is 14.3. The third-order valence-electron chi connectivity index (χ3n) is 4.85. The number of nitro benzene ring substituents is 1. The van der Waals surface area contributed by atoms with Crippen LogP contribution < -0.4 is 10.0 Å². The summed E-state index contributed by atoms with van der Waals surface area (Å²) in [7, 11) is -7.86. The topological polar surface area (TPSA) is 165 Å². The highest BCUT2D eigenvalue weighted by molar-refractivity contribution is 7.93. The maximum atomic E-state index is 12.8. The molecule has 0 spiro atoms. The van der Waals surface area contributed by atoms with Gasteiger partial charge in [-0.2, -0.15) is 0 Å². The quantitative estimate of drug-likeness (QED) is 0.226. The Labute approximate surface area is 219 Å². The third-order valence-corrected chi connectivity index (χ3v) is 9.64. The summed E-state index contributed by atoms with van der Waals surface area (Å²) in [6.45, 7) is 0. The lowest BCUT2D eigenvalue weighted by molar-refractivity contribution is -0.384. The zero-order valence-corrected chi connectivity index (χ0v) is 21.6. The molecule has 1 amide bonds. The Morgan fingerprint density at radius 1 is 0.892 bits per heavy atom. The first kappa shape index (κ1) is 26.2. The molecule has 0 atom stereocenters. The number of carbonyl (C=O) groups excluding carboxylic acids is 1. The molecule has 0 saturated heterocycles. The fraction of sp³-hybridized carbons (Fsp3) is 0. The SMILES string of the molecule is O=C(Nc1ncc(S(=O)(=O)c2ccc([N+](=O)[O-])cc2)s1)c1ccc(NS(=O)(=O)c2ccc(Cl)cc2)cc1. The fourth-order valence-corrected chi connectivity index (χ4v) is 6.60. The molecule has 11 nitrogen and oxygen atoms in total. The molecule has 0 unspecified atom stereocenters. The van der Waals surface area contributed by atoms with Crippen LogP contribution in [-0.2, 0) is 19.9 Å². The number of rotatable bonds is 8. The minimum absolute atomic E-state index is 0.0120. The Kier molecular flexibility index (Phi) is 7.27. The van der Waals surface area contributed by atoms with E-state index in [1.807, 2.05) is 0 Å². The Bertz CT molecular complexity index is 1690. The van der Waals surface area contributed by atoms with Crippen LogP contribution in [0.5, 0.6) is 0 Å². The Morgan fingerprint density at radius 2 is 1.49 bits per heavy atom. The number of aromatic nitrogens is 1. The predicted molar refractivity (Wildman–Crippen MR) is 137 cm³/mol. The maximum Gasteiger partial charge on any atom is 0.269 e. The number of hydrogen-bond acceptors (Lipinski definition) is 9. The van der Waals surface area contributed by atoms with Crippen molar-refractivity contribution in [3.05, 3.63) is 99.7 Å². The summed E-state index contributed by atoms with van der Waals surface area (Å²) in [5.74, 6) is -0.597. The molecule has 37 heavy (non-hydrogen) atoms. The number of nitrogens with zero attached hydrogens (tertiary/aromatic N) is 2. The number of anilines is 2. The zero-order chi connectivity index (χ0) is 26.8. The molecule has 0 aliphatic heterocycles. The average molecular weight is 579 g/mol. The molecule has 2 N–H and O–H groups in total. The van der Waals surface area contributed by atoms with Crippen molar-refractivity contribution in [1.82, 2.24) is 4.98 Å². The van der Waals surface area contributed by atoms with E-state index < -0.39 is 30.7 Å². The number of nitrogens with one attached hydrogen (secondary N) is 2. The molecule has 1 heterocycles. The van der Waals surface area contributed by atoms with Gasteiger partial charge in [0, 0.05) is 28.4 Å². The summed E-state index contributed by atoms with van der Waals surface area (Å²) >= 11 is 6.50. The van der Waals surface area contributed by atoms with E-state index in [1.165, 1.54) is 48.5 Å². The molecule has 0 bridgehead atoms. The number of thiazole rings is 1. The molecule has 15 heteroatoms. The lowest BCUT2D eigenvalue weighted by Gasteiger charge is -2.09. The van der Waals surface area contributed by atoms with Gasteiger partial charge in [-0.25, -0.2) is 21.8 Å². The first-order valence-electron chi connectivity index (χ1n) is 10.1. The molecule has 0 aliphatic carbocycles. The van der Waals surface area contributed by atoms with Crippen LogP contribution in [0.15, 0.2) is 93.0 Å². The van der Waals surface area contributed by atoms with E-state index >= 15 is 0 Å². The summed E-state index contributed by atoms with van der Waals surface area (Å²) < 4.78 is 52.8. The number of sulfone groups is 1. The summed E-state index contributed by atoms with van der Waals surface area (Å²) in [6, 6.07) is 15.6. The van der Waals surface area contributed by atoms with Crippen LogP contribution in [0.4, 0.5) is 16.5 Å². The number of sulfonamides is 1. The molecule has 0 radical (unpaired) electrons. The molecule has 4 rings (SSSR count). The number of nitro groups is 1. The second kappa shape index (κ2) is 10.3. The zero-order valence-electron chi connectivity index (χ0n) is 18.4. The van der Waals surface area contributed by atoms with Gasteiger partial charge in [0.2, 0.25) is 9.84 Å². The summed E-state index contributed by atoms with van der Waals surface area (Å²) in [6.07, 6.45) is 1.08. The normalized spacial score (nSPS) is 11.6. The number of non-ortho nitro benzene ring substituents is 1. The van der Waals surface area contributed by atoms with Crippen molar-refractivity contribution in [3.8, 4) is 0 Å². The van der Waals surface area contributed by atoms with Crippen molar-refractivity contribution in [2.45, 2.75) is 14.0 Å². The predicted octanol–water partition coefficient (Wildman–Crippen LogP) is 4.59. The van der Waals surface area contributed by atoms with Gasteiger partial charge in [0.1, 0.15) is 4.21 Å². The van der Waals surface area contributed by atoms with Gasteiger partial charge in [0.05, 0.1) is 20.9 Å². The second-order valence-electron chi connectivity index (χ2n) is 7.33. The van der Waals surface area contributed by atoms with Crippen molar-refractivity contribution in [2.24, 2.45) is 0 Å². The van der Waals surface area contributed by atoms with Gasteiger partial charge in [-0.3, -0.25) is 24.9 Å². The number of benzene rings is 3. The smallest absolute Gasteiger partial charge is 0.269 e. The Balaban J connectivity index is 1.44. The first-order chi connectivity index (χ1) is 17.5. The molecule has 0 saturated carbocycles. The third kappa shape index (κ3) is 5.94. The Morgan fingerprint density at radius 3 is 2.08 bits per heavy atom. The molecule has 0 fully saturated rings. The van der Waals surface area contributed by atoms with Crippen LogP contribution in [0, 0.1) is 10.1 Å². The Hall–Kier alpha value is -3.85. The van der Waals surface area contributed by atoms with Gasteiger partial charge >= 0.3 is 0 Å². The molecule has 0 aliphatic rings. The summed E-state index contributed by atoms with van der Waals surface area (Å²) in [5, 5.41) is 13.7. The molecular formula is C22H15ClN4O7S3. The lowest BCUT2D eigenvalue weighted by Crippen LogP contribution is -2.14. The van der Waals surface area contributed by atoms with Crippen LogP contribution in [0.3, 0.4) is 0 Å². The van der Waals surface area contributed by atoms with Crippen LogP contribution in [0.25, 0.3) is 0 Å². The van der Waals surface area contributed by atoms with Crippen molar-refractivity contribution >= 4 is 65.2 Å². The van der Waals surface area contributed by atoms with Crippen molar-refractivity contribution in [3.63, 3.8) is 0 Å². The fourth-order valence-electron chi connectivity index (χ4n) is 2.99. The molecule has 1 aromatic heterocycles. The maximum absolute atomic E-state index is 12.8. The van der Waals surface area contributed by atoms with E-state index in [2.05, 4.69) is 15.0 Å². The number of amides is 1. The average Bonchev–Trinajstić information content (AvgIpc) is 3.34. The highest BCUT2D eigenvalue weighted by Crippen LogP contribution is 2.30. The minimum Gasteiger partial charge on any atom is -0.298 e. The van der Waals surface area contributed by atoms with Crippen molar-refractivity contribution in [2.75, 3.05) is 10.0 Å². The lowest BCUT2D eigenvalue weighted by atomic mass is 10.2. The van der Waals surface area contributed by atoms with Crippen molar-refractivity contribution in [1.29, 1.82) is 0 Å². The van der Waals surface area contributed by atoms with E-state index in [-0.39, 0.29) is 36.1 Å².